The normalized spacial score (nSPS) is 11.8. The molecule has 1 unspecified atom stereocenters. The van der Waals surface area contributed by atoms with Crippen LogP contribution in [0, 0.1) is 5.82 Å². The van der Waals surface area contributed by atoms with Gasteiger partial charge in [-0.05, 0) is 44.9 Å². The first-order valence-electron chi connectivity index (χ1n) is 8.53. The standard InChI is InChI=1S/C17H16BrFN6O4/c1-2-13(17(26)27)25-16(22-23-24-25)12-8-21-15(9-20-12)29-6-5-28-14-7-10(19)3-4-11(14)18/h3-4,7-9,13H,2,5-6H2,1H3,(H,26,27). The maximum Gasteiger partial charge on any atom is 0.328 e. The summed E-state index contributed by atoms with van der Waals surface area (Å²) >= 11 is 3.27. The number of rotatable bonds is 9. The van der Waals surface area contributed by atoms with Gasteiger partial charge in [0.1, 0.15) is 30.5 Å². The molecule has 0 aliphatic carbocycles. The lowest BCUT2D eigenvalue weighted by atomic mass is 10.2. The lowest BCUT2D eigenvalue weighted by Crippen LogP contribution is -2.20. The molecule has 0 saturated carbocycles. The number of tetrazole rings is 1. The van der Waals surface area contributed by atoms with Gasteiger partial charge in [0, 0.05) is 6.07 Å². The van der Waals surface area contributed by atoms with Gasteiger partial charge >= 0.3 is 5.97 Å². The molecule has 1 N–H and O–H groups in total. The number of carbonyl (C=O) groups is 1. The summed E-state index contributed by atoms with van der Waals surface area (Å²) in [5.41, 5.74) is 0.307. The Bertz CT molecular complexity index is 984. The van der Waals surface area contributed by atoms with Gasteiger partial charge in [0.25, 0.3) is 0 Å². The molecule has 2 aromatic heterocycles. The number of hydrogen-bond donors (Lipinski definition) is 1. The highest BCUT2D eigenvalue weighted by Gasteiger charge is 2.24. The minimum atomic E-state index is -1.04. The van der Waals surface area contributed by atoms with Crippen molar-refractivity contribution in [2.75, 3.05) is 13.2 Å². The molecule has 12 heteroatoms. The Labute approximate surface area is 172 Å². The molecule has 1 aromatic carbocycles. The molecule has 0 radical (unpaired) electrons. The largest absolute Gasteiger partial charge is 0.489 e. The second-order valence-corrected chi connectivity index (χ2v) is 6.58. The van der Waals surface area contributed by atoms with Crippen LogP contribution in [0.2, 0.25) is 0 Å². The molecule has 0 aliphatic heterocycles. The summed E-state index contributed by atoms with van der Waals surface area (Å²) in [4.78, 5) is 19.6. The van der Waals surface area contributed by atoms with Gasteiger partial charge in [0.2, 0.25) is 11.7 Å². The van der Waals surface area contributed by atoms with Gasteiger partial charge in [-0.2, -0.15) is 0 Å². The molecule has 0 aliphatic rings. The van der Waals surface area contributed by atoms with Crippen LogP contribution in [0.4, 0.5) is 4.39 Å². The molecule has 1 atom stereocenters. The van der Waals surface area contributed by atoms with Crippen molar-refractivity contribution in [3.05, 3.63) is 40.9 Å². The zero-order valence-electron chi connectivity index (χ0n) is 15.2. The Kier molecular flexibility index (Phi) is 6.65. The fourth-order valence-corrected chi connectivity index (χ4v) is 2.78. The second kappa shape index (κ2) is 9.37. The molecule has 0 amide bonds. The minimum Gasteiger partial charge on any atom is -0.489 e. The van der Waals surface area contributed by atoms with Gasteiger partial charge in [0.05, 0.1) is 16.9 Å². The van der Waals surface area contributed by atoms with Crippen LogP contribution in [-0.2, 0) is 4.79 Å². The molecular formula is C17H16BrFN6O4. The van der Waals surface area contributed by atoms with E-state index in [9.17, 15) is 14.3 Å². The van der Waals surface area contributed by atoms with Gasteiger partial charge in [-0.25, -0.2) is 23.8 Å². The van der Waals surface area contributed by atoms with Crippen molar-refractivity contribution in [2.24, 2.45) is 0 Å². The van der Waals surface area contributed by atoms with Crippen molar-refractivity contribution >= 4 is 21.9 Å². The molecule has 0 fully saturated rings. The molecule has 152 valence electrons. The zero-order chi connectivity index (χ0) is 20.8. The first kappa shape index (κ1) is 20.6. The molecule has 2 heterocycles. The molecular weight excluding hydrogens is 451 g/mol. The van der Waals surface area contributed by atoms with Crippen LogP contribution < -0.4 is 9.47 Å². The molecule has 10 nitrogen and oxygen atoms in total. The Morgan fingerprint density at radius 3 is 2.76 bits per heavy atom. The van der Waals surface area contributed by atoms with Crippen LogP contribution in [0.25, 0.3) is 11.5 Å². The predicted octanol–water partition coefficient (Wildman–Crippen LogP) is 2.53. The molecule has 29 heavy (non-hydrogen) atoms. The first-order chi connectivity index (χ1) is 14.0. The van der Waals surface area contributed by atoms with Crippen molar-refractivity contribution in [1.82, 2.24) is 30.2 Å². The van der Waals surface area contributed by atoms with Gasteiger partial charge in [-0.3, -0.25) is 0 Å². The summed E-state index contributed by atoms with van der Waals surface area (Å²) in [7, 11) is 0. The summed E-state index contributed by atoms with van der Waals surface area (Å²) in [5, 5.41) is 20.4. The van der Waals surface area contributed by atoms with Crippen LogP contribution >= 0.6 is 15.9 Å². The molecule has 3 rings (SSSR count). The smallest absolute Gasteiger partial charge is 0.328 e. The van der Waals surface area contributed by atoms with Crippen molar-refractivity contribution in [1.29, 1.82) is 0 Å². The van der Waals surface area contributed by atoms with Crippen LogP contribution in [-0.4, -0.2) is 54.5 Å². The van der Waals surface area contributed by atoms with E-state index >= 15 is 0 Å². The average Bonchev–Trinajstić information content (AvgIpc) is 3.18. The fraction of sp³-hybridized carbons (Fsp3) is 0.294. The lowest BCUT2D eigenvalue weighted by Gasteiger charge is -2.11. The van der Waals surface area contributed by atoms with E-state index in [0.29, 0.717) is 22.3 Å². The maximum absolute atomic E-state index is 13.2. The predicted molar refractivity (Wildman–Crippen MR) is 101 cm³/mol. The summed E-state index contributed by atoms with van der Waals surface area (Å²) in [6.07, 6.45) is 3.06. The number of ether oxygens (including phenoxy) is 2. The van der Waals surface area contributed by atoms with Crippen molar-refractivity contribution in [3.8, 4) is 23.1 Å². The summed E-state index contributed by atoms with van der Waals surface area (Å²) in [6.45, 7) is 2.05. The number of aliphatic carboxylic acids is 1. The Morgan fingerprint density at radius 1 is 1.28 bits per heavy atom. The summed E-state index contributed by atoms with van der Waals surface area (Å²) in [6, 6.07) is 3.23. The number of carboxylic acid groups (broad SMARTS) is 1. The fourth-order valence-electron chi connectivity index (χ4n) is 2.42. The monoisotopic (exact) mass is 466 g/mol. The number of aromatic nitrogens is 6. The number of halogens is 2. The van der Waals surface area contributed by atoms with E-state index < -0.39 is 17.8 Å². The zero-order valence-corrected chi connectivity index (χ0v) is 16.8. The van der Waals surface area contributed by atoms with Gasteiger partial charge in [-0.1, -0.05) is 6.92 Å². The topological polar surface area (TPSA) is 125 Å². The van der Waals surface area contributed by atoms with Gasteiger partial charge < -0.3 is 14.6 Å². The third-order valence-electron chi connectivity index (χ3n) is 3.80. The van der Waals surface area contributed by atoms with E-state index in [4.69, 9.17) is 9.47 Å². The van der Waals surface area contributed by atoms with Crippen molar-refractivity contribution in [3.63, 3.8) is 0 Å². The van der Waals surface area contributed by atoms with E-state index in [-0.39, 0.29) is 24.9 Å². The van der Waals surface area contributed by atoms with Crippen LogP contribution in [0.5, 0.6) is 11.6 Å². The van der Waals surface area contributed by atoms with Gasteiger partial charge in [-0.15, -0.1) is 5.10 Å². The van der Waals surface area contributed by atoms with Crippen LogP contribution in [0.1, 0.15) is 19.4 Å². The second-order valence-electron chi connectivity index (χ2n) is 5.72. The third kappa shape index (κ3) is 5.02. The van der Waals surface area contributed by atoms with Gasteiger partial charge in [0.15, 0.2) is 6.04 Å². The third-order valence-corrected chi connectivity index (χ3v) is 4.46. The van der Waals surface area contributed by atoms with Crippen molar-refractivity contribution in [2.45, 2.75) is 19.4 Å². The Morgan fingerprint density at radius 2 is 2.07 bits per heavy atom. The Hall–Kier alpha value is -3.15. The summed E-state index contributed by atoms with van der Waals surface area (Å²) in [5.74, 6) is -0.650. The highest BCUT2D eigenvalue weighted by atomic mass is 79.9. The van der Waals surface area contributed by atoms with E-state index in [1.54, 1.807) is 13.0 Å². The van der Waals surface area contributed by atoms with E-state index in [1.807, 2.05) is 0 Å². The number of carboxylic acids is 1. The first-order valence-corrected chi connectivity index (χ1v) is 9.32. The molecule has 0 spiro atoms. The lowest BCUT2D eigenvalue weighted by molar-refractivity contribution is -0.141. The molecule has 0 bridgehead atoms. The quantitative estimate of drug-likeness (QED) is 0.473. The van der Waals surface area contributed by atoms with E-state index in [2.05, 4.69) is 41.4 Å². The van der Waals surface area contributed by atoms with Crippen LogP contribution in [0.3, 0.4) is 0 Å². The summed E-state index contributed by atoms with van der Waals surface area (Å²) < 4.78 is 25.9. The van der Waals surface area contributed by atoms with Crippen molar-refractivity contribution < 1.29 is 23.8 Å². The minimum absolute atomic E-state index is 0.158. The Balaban J connectivity index is 1.59. The highest BCUT2D eigenvalue weighted by molar-refractivity contribution is 9.10. The SMILES string of the molecule is CCC(C(=O)O)n1nnnc1-c1cnc(OCCOc2cc(F)ccc2Br)cn1. The maximum atomic E-state index is 13.2. The number of hydrogen-bond acceptors (Lipinski definition) is 8. The van der Waals surface area contributed by atoms with E-state index in [0.717, 1.165) is 0 Å². The number of nitrogens with zero attached hydrogens (tertiary/aromatic N) is 6. The molecule has 0 saturated heterocycles. The number of benzene rings is 1. The van der Waals surface area contributed by atoms with Crippen LogP contribution in [0.15, 0.2) is 35.1 Å². The highest BCUT2D eigenvalue weighted by Crippen LogP contribution is 2.25. The van der Waals surface area contributed by atoms with E-state index in [1.165, 1.54) is 29.2 Å². The average molecular weight is 467 g/mol. The molecule has 3 aromatic rings.